The van der Waals surface area contributed by atoms with Gasteiger partial charge in [-0.1, -0.05) is 6.07 Å². The predicted molar refractivity (Wildman–Crippen MR) is 72.2 cm³/mol. The molecule has 7 heteroatoms. The summed E-state index contributed by atoms with van der Waals surface area (Å²) in [6.45, 7) is 5.78. The van der Waals surface area contributed by atoms with Crippen LogP contribution in [0.1, 0.15) is 27.7 Å². The second kappa shape index (κ2) is 5.14. The van der Waals surface area contributed by atoms with Crippen LogP contribution in [0.5, 0.6) is 0 Å². The fourth-order valence-electron chi connectivity index (χ4n) is 1.42. The van der Waals surface area contributed by atoms with Gasteiger partial charge in [0.05, 0.1) is 10.3 Å². The topological polar surface area (TPSA) is 83.5 Å². The van der Waals surface area contributed by atoms with Gasteiger partial charge in [-0.15, -0.1) is 0 Å². The van der Waals surface area contributed by atoms with Crippen molar-refractivity contribution in [3.63, 3.8) is 0 Å². The molecule has 2 N–H and O–H groups in total. The van der Waals surface area contributed by atoms with Gasteiger partial charge < -0.3 is 5.11 Å². The minimum atomic E-state index is -4.01. The van der Waals surface area contributed by atoms with E-state index in [9.17, 15) is 22.7 Å². The quantitative estimate of drug-likeness (QED) is 0.871. The summed E-state index contributed by atoms with van der Waals surface area (Å²) in [5.74, 6) is -1.81. The van der Waals surface area contributed by atoms with Crippen LogP contribution in [-0.2, 0) is 14.8 Å². The van der Waals surface area contributed by atoms with Crippen LogP contribution in [0.15, 0.2) is 29.2 Å². The third-order valence-electron chi connectivity index (χ3n) is 3.59. The number of halogens is 1. The second-order valence-corrected chi connectivity index (χ2v) is 7.30. The normalized spacial score (nSPS) is 13.2. The molecule has 0 aromatic heterocycles. The summed E-state index contributed by atoms with van der Waals surface area (Å²) in [6.07, 6.45) is 0. The number of carbonyl (C=O) groups is 1. The van der Waals surface area contributed by atoms with E-state index in [1.54, 1.807) is 0 Å². The number of sulfonamides is 1. The SMILES string of the molecule is CC(C)(NS(=O)(=O)c1cccc(F)c1)C(C)(C)C(=O)O. The molecule has 1 aromatic carbocycles. The first-order valence-electron chi connectivity index (χ1n) is 5.93. The molecule has 0 aliphatic heterocycles. The third kappa shape index (κ3) is 3.16. The van der Waals surface area contributed by atoms with Crippen molar-refractivity contribution in [3.8, 4) is 0 Å². The molecule has 5 nitrogen and oxygen atoms in total. The Morgan fingerprint density at radius 1 is 1.25 bits per heavy atom. The first-order valence-corrected chi connectivity index (χ1v) is 7.41. The van der Waals surface area contributed by atoms with Gasteiger partial charge in [-0.3, -0.25) is 4.79 Å². The van der Waals surface area contributed by atoms with Gasteiger partial charge in [0.25, 0.3) is 0 Å². The monoisotopic (exact) mass is 303 g/mol. The summed E-state index contributed by atoms with van der Waals surface area (Å²) in [5.41, 5.74) is -2.60. The first kappa shape index (κ1) is 16.6. The van der Waals surface area contributed by atoms with Crippen LogP contribution in [0.25, 0.3) is 0 Å². The molecule has 0 bridgehead atoms. The van der Waals surface area contributed by atoms with E-state index in [0.717, 1.165) is 12.1 Å². The van der Waals surface area contributed by atoms with E-state index in [1.807, 2.05) is 0 Å². The highest BCUT2D eigenvalue weighted by molar-refractivity contribution is 7.89. The number of benzene rings is 1. The molecule has 0 heterocycles. The maximum absolute atomic E-state index is 13.1. The highest BCUT2D eigenvalue weighted by Gasteiger charge is 2.45. The summed E-state index contributed by atoms with van der Waals surface area (Å²) >= 11 is 0. The number of hydrogen-bond acceptors (Lipinski definition) is 3. The van der Waals surface area contributed by atoms with Gasteiger partial charge >= 0.3 is 5.97 Å². The number of aliphatic carboxylic acids is 1. The first-order chi connectivity index (χ1) is 8.90. The second-order valence-electron chi connectivity index (χ2n) is 5.62. The Kier molecular flexibility index (Phi) is 4.26. The minimum absolute atomic E-state index is 0.244. The van der Waals surface area contributed by atoms with Crippen molar-refractivity contribution in [2.45, 2.75) is 38.1 Å². The van der Waals surface area contributed by atoms with Crippen molar-refractivity contribution < 1.29 is 22.7 Å². The molecule has 1 aromatic rings. The highest BCUT2D eigenvalue weighted by Crippen LogP contribution is 2.32. The molecule has 0 aliphatic rings. The predicted octanol–water partition coefficient (Wildman–Crippen LogP) is 1.99. The molecule has 0 radical (unpaired) electrons. The van der Waals surface area contributed by atoms with Crippen LogP contribution in [0, 0.1) is 11.2 Å². The van der Waals surface area contributed by atoms with Crippen molar-refractivity contribution in [1.82, 2.24) is 4.72 Å². The molecule has 1 rings (SSSR count). The molecule has 112 valence electrons. The molecule has 0 unspecified atom stereocenters. The van der Waals surface area contributed by atoms with E-state index >= 15 is 0 Å². The molecule has 0 amide bonds. The molecule has 0 spiro atoms. The molecule has 0 aliphatic carbocycles. The van der Waals surface area contributed by atoms with Gasteiger partial charge in [-0.25, -0.2) is 17.5 Å². The molecule has 0 saturated heterocycles. The fourth-order valence-corrected chi connectivity index (χ4v) is 2.99. The van der Waals surface area contributed by atoms with Gasteiger partial charge in [0.15, 0.2) is 0 Å². The zero-order valence-electron chi connectivity index (χ0n) is 11.8. The molecule has 0 saturated carbocycles. The van der Waals surface area contributed by atoms with Gasteiger partial charge in [0.1, 0.15) is 5.82 Å². The van der Waals surface area contributed by atoms with Crippen molar-refractivity contribution in [2.24, 2.45) is 5.41 Å². The lowest BCUT2D eigenvalue weighted by molar-refractivity contribution is -0.150. The van der Waals surface area contributed by atoms with E-state index in [1.165, 1.54) is 39.8 Å². The zero-order valence-corrected chi connectivity index (χ0v) is 12.6. The van der Waals surface area contributed by atoms with Crippen LogP contribution < -0.4 is 4.72 Å². The van der Waals surface area contributed by atoms with E-state index in [0.29, 0.717) is 0 Å². The van der Waals surface area contributed by atoms with Crippen LogP contribution in [0.3, 0.4) is 0 Å². The Labute approximate surface area is 117 Å². The average molecular weight is 303 g/mol. The molecule has 0 atom stereocenters. The lowest BCUT2D eigenvalue weighted by Crippen LogP contribution is -2.56. The minimum Gasteiger partial charge on any atom is -0.481 e. The summed E-state index contributed by atoms with van der Waals surface area (Å²) in [5, 5.41) is 9.19. The van der Waals surface area contributed by atoms with Crippen LogP contribution in [0.2, 0.25) is 0 Å². The van der Waals surface area contributed by atoms with Crippen LogP contribution in [-0.4, -0.2) is 25.0 Å². The average Bonchev–Trinajstić information content (AvgIpc) is 2.27. The number of carboxylic acid groups (broad SMARTS) is 1. The standard InChI is InChI=1S/C13H18FNO4S/c1-12(2,11(16)17)13(3,4)15-20(18,19)10-7-5-6-9(14)8-10/h5-8,15H,1-4H3,(H,16,17). The molecule has 20 heavy (non-hydrogen) atoms. The number of carboxylic acids is 1. The lowest BCUT2D eigenvalue weighted by atomic mass is 9.75. The fraction of sp³-hybridized carbons (Fsp3) is 0.462. The van der Waals surface area contributed by atoms with E-state index in [-0.39, 0.29) is 4.90 Å². The lowest BCUT2D eigenvalue weighted by Gasteiger charge is -2.38. The van der Waals surface area contributed by atoms with E-state index in [4.69, 9.17) is 0 Å². The summed E-state index contributed by atoms with van der Waals surface area (Å²) in [6, 6.07) is 4.53. The summed E-state index contributed by atoms with van der Waals surface area (Å²) < 4.78 is 39.8. The Hall–Kier alpha value is -1.47. The van der Waals surface area contributed by atoms with E-state index in [2.05, 4.69) is 4.72 Å². The van der Waals surface area contributed by atoms with Gasteiger partial charge in [-0.05, 0) is 45.9 Å². The van der Waals surface area contributed by atoms with Gasteiger partial charge in [0.2, 0.25) is 10.0 Å². The molecule has 0 fully saturated rings. The van der Waals surface area contributed by atoms with Crippen molar-refractivity contribution in [3.05, 3.63) is 30.1 Å². The van der Waals surface area contributed by atoms with Crippen LogP contribution in [0.4, 0.5) is 4.39 Å². The summed E-state index contributed by atoms with van der Waals surface area (Å²) in [7, 11) is -4.01. The zero-order chi connectivity index (χ0) is 15.8. The smallest absolute Gasteiger partial charge is 0.310 e. The Morgan fingerprint density at radius 2 is 1.80 bits per heavy atom. The van der Waals surface area contributed by atoms with Crippen molar-refractivity contribution in [2.75, 3.05) is 0 Å². The van der Waals surface area contributed by atoms with Crippen molar-refractivity contribution >= 4 is 16.0 Å². The van der Waals surface area contributed by atoms with Gasteiger partial charge in [-0.2, -0.15) is 0 Å². The Bertz CT molecular complexity index is 623. The largest absolute Gasteiger partial charge is 0.481 e. The van der Waals surface area contributed by atoms with Crippen molar-refractivity contribution in [1.29, 1.82) is 0 Å². The third-order valence-corrected chi connectivity index (χ3v) is 5.25. The number of nitrogens with one attached hydrogen (secondary N) is 1. The Balaban J connectivity index is 3.17. The Morgan fingerprint density at radius 3 is 2.25 bits per heavy atom. The van der Waals surface area contributed by atoms with Gasteiger partial charge in [0, 0.05) is 5.54 Å². The summed E-state index contributed by atoms with van der Waals surface area (Å²) in [4.78, 5) is 11.0. The van der Waals surface area contributed by atoms with E-state index < -0.39 is 32.8 Å². The maximum Gasteiger partial charge on any atom is 0.310 e. The highest BCUT2D eigenvalue weighted by atomic mass is 32.2. The van der Waals surface area contributed by atoms with Crippen LogP contribution >= 0.6 is 0 Å². The number of rotatable bonds is 5. The molecular weight excluding hydrogens is 285 g/mol. The maximum atomic E-state index is 13.1. The number of hydrogen-bond donors (Lipinski definition) is 2. The molecular formula is C13H18FNO4S.